The molecule has 2 rings (SSSR count). The number of aldehydes is 1. The van der Waals surface area contributed by atoms with Gasteiger partial charge >= 0.3 is 5.97 Å². The van der Waals surface area contributed by atoms with Crippen LogP contribution in [0, 0.1) is 6.92 Å². The summed E-state index contributed by atoms with van der Waals surface area (Å²) >= 11 is 0. The second-order valence-corrected chi connectivity index (χ2v) is 3.98. The van der Waals surface area contributed by atoms with E-state index in [9.17, 15) is 9.59 Å². The Balaban J connectivity index is 2.09. The maximum absolute atomic E-state index is 10.8. The zero-order valence-electron chi connectivity index (χ0n) is 10.3. The van der Waals surface area contributed by atoms with E-state index >= 15 is 0 Å². The summed E-state index contributed by atoms with van der Waals surface area (Å²) in [4.78, 5) is 21.4. The van der Waals surface area contributed by atoms with Gasteiger partial charge in [-0.3, -0.25) is 4.79 Å². The zero-order chi connectivity index (χ0) is 13.8. The normalized spacial score (nSPS) is 10.2. The molecule has 0 bridgehead atoms. The highest BCUT2D eigenvalue weighted by atomic mass is 16.5. The van der Waals surface area contributed by atoms with Gasteiger partial charge in [0.1, 0.15) is 24.4 Å². The van der Waals surface area contributed by atoms with Gasteiger partial charge in [-0.1, -0.05) is 12.1 Å². The second-order valence-electron chi connectivity index (χ2n) is 3.98. The van der Waals surface area contributed by atoms with E-state index in [-0.39, 0.29) is 12.4 Å². The van der Waals surface area contributed by atoms with Crippen molar-refractivity contribution in [3.05, 3.63) is 53.0 Å². The largest absolute Gasteiger partial charge is 0.489 e. The van der Waals surface area contributed by atoms with Crippen molar-refractivity contribution in [2.45, 2.75) is 13.5 Å². The number of rotatable bonds is 5. The molecule has 0 unspecified atom stereocenters. The summed E-state index contributed by atoms with van der Waals surface area (Å²) in [5, 5.41) is 8.80. The van der Waals surface area contributed by atoms with Crippen LogP contribution < -0.4 is 4.74 Å². The first-order chi connectivity index (χ1) is 9.10. The Morgan fingerprint density at radius 1 is 1.42 bits per heavy atom. The molecule has 0 spiro atoms. The Labute approximate surface area is 109 Å². The van der Waals surface area contributed by atoms with Crippen molar-refractivity contribution in [2.24, 2.45) is 0 Å². The first-order valence-electron chi connectivity index (χ1n) is 5.61. The number of carboxylic acids is 1. The van der Waals surface area contributed by atoms with Crippen LogP contribution in [0.15, 0.2) is 34.7 Å². The SMILES string of the molecule is Cc1oc(C(=O)O)cc1COc1cccc(C=O)c1. The summed E-state index contributed by atoms with van der Waals surface area (Å²) in [6.45, 7) is 1.86. The smallest absolute Gasteiger partial charge is 0.371 e. The maximum atomic E-state index is 10.8. The molecule has 0 saturated carbocycles. The molecule has 0 saturated heterocycles. The van der Waals surface area contributed by atoms with Crippen molar-refractivity contribution >= 4 is 12.3 Å². The topological polar surface area (TPSA) is 76.7 Å². The number of benzene rings is 1. The van der Waals surface area contributed by atoms with Gasteiger partial charge in [-0.25, -0.2) is 4.79 Å². The number of carbonyl (C=O) groups is 2. The molecule has 19 heavy (non-hydrogen) atoms. The minimum absolute atomic E-state index is 0.113. The first-order valence-corrected chi connectivity index (χ1v) is 5.61. The minimum Gasteiger partial charge on any atom is -0.489 e. The number of ether oxygens (including phenoxy) is 1. The third-order valence-electron chi connectivity index (χ3n) is 2.62. The van der Waals surface area contributed by atoms with Crippen LogP contribution in [0.1, 0.15) is 32.2 Å². The zero-order valence-corrected chi connectivity index (χ0v) is 10.3. The van der Waals surface area contributed by atoms with E-state index in [1.54, 1.807) is 31.2 Å². The van der Waals surface area contributed by atoms with E-state index in [1.165, 1.54) is 6.07 Å². The predicted octanol–water partition coefficient (Wildman–Crippen LogP) is 2.68. The molecule has 0 aliphatic carbocycles. The fourth-order valence-electron chi connectivity index (χ4n) is 1.61. The maximum Gasteiger partial charge on any atom is 0.371 e. The molecule has 0 radical (unpaired) electrons. The average molecular weight is 260 g/mol. The summed E-state index contributed by atoms with van der Waals surface area (Å²) < 4.78 is 10.6. The van der Waals surface area contributed by atoms with Crippen LogP contribution >= 0.6 is 0 Å². The Morgan fingerprint density at radius 2 is 2.21 bits per heavy atom. The van der Waals surface area contributed by atoms with E-state index in [0.29, 0.717) is 22.6 Å². The fourth-order valence-corrected chi connectivity index (χ4v) is 1.61. The molecule has 1 N–H and O–H groups in total. The number of carbonyl (C=O) groups excluding carboxylic acids is 1. The highest BCUT2D eigenvalue weighted by molar-refractivity contribution is 5.84. The predicted molar refractivity (Wildman–Crippen MR) is 66.6 cm³/mol. The van der Waals surface area contributed by atoms with Gasteiger partial charge in [0.2, 0.25) is 5.76 Å². The molecule has 1 aromatic carbocycles. The Morgan fingerprint density at radius 3 is 2.84 bits per heavy atom. The Kier molecular flexibility index (Phi) is 3.66. The van der Waals surface area contributed by atoms with E-state index in [0.717, 1.165) is 6.29 Å². The standard InChI is InChI=1S/C14H12O5/c1-9-11(6-13(19-9)14(16)17)8-18-12-4-2-3-10(5-12)7-15/h2-7H,8H2,1H3,(H,16,17). The summed E-state index contributed by atoms with van der Waals surface area (Å²) in [7, 11) is 0. The van der Waals surface area contributed by atoms with Gasteiger partial charge in [-0.05, 0) is 25.1 Å². The number of carboxylic acid groups (broad SMARTS) is 1. The molecule has 98 valence electrons. The summed E-state index contributed by atoms with van der Waals surface area (Å²) in [5.74, 6) is -0.180. The van der Waals surface area contributed by atoms with Gasteiger partial charge in [0.15, 0.2) is 0 Å². The van der Waals surface area contributed by atoms with Gasteiger partial charge in [-0.2, -0.15) is 0 Å². The first kappa shape index (κ1) is 12.9. The van der Waals surface area contributed by atoms with Gasteiger partial charge in [0.25, 0.3) is 0 Å². The molecular formula is C14H12O5. The van der Waals surface area contributed by atoms with Crippen LogP contribution in [0.25, 0.3) is 0 Å². The lowest BCUT2D eigenvalue weighted by Crippen LogP contribution is -1.96. The molecule has 5 nitrogen and oxygen atoms in total. The van der Waals surface area contributed by atoms with Crippen LogP contribution in [0.4, 0.5) is 0 Å². The Bertz CT molecular complexity index is 612. The van der Waals surface area contributed by atoms with E-state index < -0.39 is 5.97 Å². The number of aryl methyl sites for hydroxylation is 1. The summed E-state index contributed by atoms with van der Waals surface area (Å²) in [6.07, 6.45) is 0.735. The fraction of sp³-hybridized carbons (Fsp3) is 0.143. The van der Waals surface area contributed by atoms with Crippen LogP contribution in [0.2, 0.25) is 0 Å². The monoisotopic (exact) mass is 260 g/mol. The lowest BCUT2D eigenvalue weighted by Gasteiger charge is -2.05. The molecule has 0 atom stereocenters. The van der Waals surface area contributed by atoms with Crippen LogP contribution in [0.5, 0.6) is 5.75 Å². The average Bonchev–Trinajstić information content (AvgIpc) is 2.78. The van der Waals surface area contributed by atoms with Crippen molar-refractivity contribution in [2.75, 3.05) is 0 Å². The van der Waals surface area contributed by atoms with Crippen LogP contribution in [-0.4, -0.2) is 17.4 Å². The second kappa shape index (κ2) is 5.39. The number of hydrogen-bond acceptors (Lipinski definition) is 4. The molecule has 1 heterocycles. The number of hydrogen-bond donors (Lipinski definition) is 1. The quantitative estimate of drug-likeness (QED) is 0.836. The van der Waals surface area contributed by atoms with Gasteiger partial charge in [-0.15, -0.1) is 0 Å². The molecule has 5 heteroatoms. The van der Waals surface area contributed by atoms with Crippen molar-refractivity contribution in [3.63, 3.8) is 0 Å². The van der Waals surface area contributed by atoms with E-state index in [1.807, 2.05) is 0 Å². The van der Waals surface area contributed by atoms with Crippen molar-refractivity contribution in [1.82, 2.24) is 0 Å². The highest BCUT2D eigenvalue weighted by Gasteiger charge is 2.13. The molecular weight excluding hydrogens is 248 g/mol. The van der Waals surface area contributed by atoms with Gasteiger partial charge in [0, 0.05) is 11.1 Å². The molecule has 0 aliphatic rings. The molecule has 0 fully saturated rings. The molecule has 2 aromatic rings. The van der Waals surface area contributed by atoms with Crippen LogP contribution in [-0.2, 0) is 6.61 Å². The molecule has 1 aromatic heterocycles. The third-order valence-corrected chi connectivity index (χ3v) is 2.62. The van der Waals surface area contributed by atoms with E-state index in [2.05, 4.69) is 0 Å². The van der Waals surface area contributed by atoms with Crippen molar-refractivity contribution in [1.29, 1.82) is 0 Å². The van der Waals surface area contributed by atoms with Gasteiger partial charge < -0.3 is 14.3 Å². The minimum atomic E-state index is -1.11. The summed E-state index contributed by atoms with van der Waals surface area (Å²) in [5.41, 5.74) is 1.18. The highest BCUT2D eigenvalue weighted by Crippen LogP contribution is 2.18. The Hall–Kier alpha value is -2.56. The van der Waals surface area contributed by atoms with Gasteiger partial charge in [0.05, 0.1) is 0 Å². The molecule has 0 aliphatic heterocycles. The summed E-state index contributed by atoms with van der Waals surface area (Å²) in [6, 6.07) is 8.15. The molecule has 0 amide bonds. The van der Waals surface area contributed by atoms with E-state index in [4.69, 9.17) is 14.3 Å². The lowest BCUT2D eigenvalue weighted by molar-refractivity contribution is 0.0661. The van der Waals surface area contributed by atoms with Crippen molar-refractivity contribution < 1.29 is 23.8 Å². The lowest BCUT2D eigenvalue weighted by atomic mass is 10.2. The number of aromatic carboxylic acids is 1. The van der Waals surface area contributed by atoms with Crippen molar-refractivity contribution in [3.8, 4) is 5.75 Å². The number of furan rings is 1. The van der Waals surface area contributed by atoms with Crippen LogP contribution in [0.3, 0.4) is 0 Å². The third kappa shape index (κ3) is 3.01.